The van der Waals surface area contributed by atoms with Gasteiger partial charge in [-0.1, -0.05) is 25.6 Å². The number of anilines is 1. The molecule has 0 bridgehead atoms. The van der Waals surface area contributed by atoms with Crippen molar-refractivity contribution in [3.8, 4) is 0 Å². The van der Waals surface area contributed by atoms with Gasteiger partial charge in [-0.05, 0) is 6.92 Å². The van der Waals surface area contributed by atoms with Crippen molar-refractivity contribution in [2.45, 2.75) is 57.8 Å². The summed E-state index contributed by atoms with van der Waals surface area (Å²) in [7, 11) is -17.4. The number of imidazole rings is 1. The average molecular weight is 888 g/mol. The first-order valence-electron chi connectivity index (χ1n) is 15.6. The number of nitrogen functional groups attached to an aromatic ring is 1. The van der Waals surface area contributed by atoms with Crippen molar-refractivity contribution in [3.05, 3.63) is 12.7 Å². The molecule has 1 saturated heterocycles. The minimum absolute atomic E-state index is 0. The summed E-state index contributed by atoms with van der Waals surface area (Å²) in [4.78, 5) is 104. The van der Waals surface area contributed by atoms with Crippen molar-refractivity contribution in [2.75, 3.05) is 37.8 Å². The van der Waals surface area contributed by atoms with Crippen LogP contribution in [-0.2, 0) is 55.5 Å². The van der Waals surface area contributed by atoms with Crippen molar-refractivity contribution in [2.24, 2.45) is 11.3 Å². The van der Waals surface area contributed by atoms with E-state index in [9.17, 15) is 62.7 Å². The maximum absolute atomic E-state index is 12.5. The molecule has 9 unspecified atom stereocenters. The molecule has 1 aliphatic rings. The van der Waals surface area contributed by atoms with E-state index in [0.717, 1.165) is 17.2 Å². The standard InChI is InChI=1S/C25H40N7O19P3S.Na/c1-12(23(37)38)24(39)55-7-6-27-14(33)4-5-28-21(36)18(35)25(2,3)9-48-54(45,46)51-53(43,44)47-8-13-17(50-52(40,41)42)16(34)22(49-13)32-11-31-15-19(26)29-10-30-20(15)32;/h10-13,16-18,22,34-35H,4-9H2,1-3H3,(H,27,33)(H,28,36)(H,37,38)(H,43,44)(H,45,46)(H2,26,29,30)(H2,40,41,42);/q;+1/p-3. The van der Waals surface area contributed by atoms with E-state index in [1.165, 1.54) is 20.8 Å². The van der Waals surface area contributed by atoms with Gasteiger partial charge in [0.05, 0.1) is 19.5 Å². The molecular formula is C25H37N7NaO19P3S-2. The molecule has 0 aromatic carbocycles. The minimum Gasteiger partial charge on any atom is -0.756 e. The number of carboxylic acids is 1. The maximum atomic E-state index is 12.5. The van der Waals surface area contributed by atoms with Gasteiger partial charge in [-0.25, -0.2) is 19.3 Å². The molecule has 56 heavy (non-hydrogen) atoms. The summed E-state index contributed by atoms with van der Waals surface area (Å²) in [5, 5.41) is 34.2. The second-order valence-corrected chi connectivity index (χ2v) is 17.4. The maximum Gasteiger partial charge on any atom is 1.00 e. The number of carboxylic acid groups (broad SMARTS) is 1. The summed E-state index contributed by atoms with van der Waals surface area (Å²) in [5.74, 6) is -4.12. The number of ether oxygens (including phenoxy) is 1. The molecule has 3 heterocycles. The van der Waals surface area contributed by atoms with Crippen LogP contribution >= 0.6 is 35.2 Å². The van der Waals surface area contributed by atoms with Gasteiger partial charge in [-0.15, -0.1) is 0 Å². The summed E-state index contributed by atoms with van der Waals surface area (Å²) in [6.45, 7) is 0.993. The van der Waals surface area contributed by atoms with E-state index in [-0.39, 0.29) is 71.8 Å². The molecule has 2 amide bonds. The number of aromatic nitrogens is 4. The molecule has 31 heteroatoms. The summed E-state index contributed by atoms with van der Waals surface area (Å²) < 4.78 is 60.6. The number of aliphatic carboxylic acids is 1. The fourth-order valence-corrected chi connectivity index (χ4v) is 7.99. The SMILES string of the molecule is CC(C(=O)O)C(=O)SCCNC(=O)CCNC(=O)C(O)C(C)(C)COP(=O)([O-])OP(=O)([O-])OCC1OC(n2cnc3c(N)ncnc32)C(O)C1OP(=O)([O-])O.[Na+]. The van der Waals surface area contributed by atoms with Crippen molar-refractivity contribution in [1.29, 1.82) is 0 Å². The zero-order valence-corrected chi connectivity index (χ0v) is 35.4. The van der Waals surface area contributed by atoms with Crippen LogP contribution < -0.4 is 60.6 Å². The Morgan fingerprint density at radius 2 is 1.73 bits per heavy atom. The van der Waals surface area contributed by atoms with Crippen LogP contribution in [0.4, 0.5) is 5.82 Å². The van der Waals surface area contributed by atoms with Gasteiger partial charge >= 0.3 is 35.5 Å². The number of amides is 2. The number of hydrogen-bond donors (Lipinski definition) is 7. The van der Waals surface area contributed by atoms with Crippen molar-refractivity contribution >= 4 is 75.1 Å². The van der Waals surface area contributed by atoms with Crippen LogP contribution in [0.5, 0.6) is 0 Å². The number of aliphatic hydroxyl groups is 2. The molecule has 0 spiro atoms. The largest absolute Gasteiger partial charge is 1.00 e. The minimum atomic E-state index is -5.92. The van der Waals surface area contributed by atoms with Crippen LogP contribution in [0.1, 0.15) is 33.4 Å². The third-order valence-electron chi connectivity index (χ3n) is 7.45. The molecule has 1 fully saturated rings. The third kappa shape index (κ3) is 14.7. The Bertz CT molecular complexity index is 1870. The summed E-state index contributed by atoms with van der Waals surface area (Å²) in [6, 6.07) is 0. The molecule has 2 aromatic heterocycles. The molecule has 8 N–H and O–H groups in total. The second kappa shape index (κ2) is 20.8. The molecule has 0 radical (unpaired) electrons. The average Bonchev–Trinajstić information content (AvgIpc) is 3.64. The van der Waals surface area contributed by atoms with Crippen LogP contribution in [0.25, 0.3) is 11.2 Å². The summed E-state index contributed by atoms with van der Waals surface area (Å²) >= 11 is 0.716. The molecule has 2 aromatic rings. The van der Waals surface area contributed by atoms with Crippen molar-refractivity contribution < 1.29 is 120 Å². The molecule has 9 atom stereocenters. The van der Waals surface area contributed by atoms with Gasteiger partial charge in [0.15, 0.2) is 17.7 Å². The Morgan fingerprint density at radius 3 is 2.36 bits per heavy atom. The fourth-order valence-electron chi connectivity index (χ4n) is 4.49. The third-order valence-corrected chi connectivity index (χ3v) is 11.5. The van der Waals surface area contributed by atoms with Crippen LogP contribution in [0, 0.1) is 11.3 Å². The van der Waals surface area contributed by atoms with Crippen molar-refractivity contribution in [1.82, 2.24) is 30.2 Å². The molecule has 0 saturated carbocycles. The number of phosphoric ester groups is 3. The first-order valence-corrected chi connectivity index (χ1v) is 21.0. The molecule has 0 aliphatic carbocycles. The van der Waals surface area contributed by atoms with Crippen LogP contribution in [-0.4, -0.2) is 119 Å². The zero-order valence-electron chi connectivity index (χ0n) is 29.9. The normalized spacial score (nSPS) is 22.8. The Balaban J connectivity index is 0.0000108. The Morgan fingerprint density at radius 1 is 1.09 bits per heavy atom. The van der Waals surface area contributed by atoms with E-state index in [4.69, 9.17) is 15.6 Å². The monoisotopic (exact) mass is 887 g/mol. The van der Waals surface area contributed by atoms with Gasteiger partial charge in [0.1, 0.15) is 42.2 Å². The fraction of sp³-hybridized carbons (Fsp3) is 0.640. The molecule has 3 rings (SSSR count). The Kier molecular flexibility index (Phi) is 18.7. The first kappa shape index (κ1) is 50.2. The van der Waals surface area contributed by atoms with Gasteiger partial charge < -0.3 is 69.6 Å². The predicted octanol–water partition coefficient (Wildman–Crippen LogP) is -6.51. The number of nitrogens with two attached hydrogens (primary N) is 1. The van der Waals surface area contributed by atoms with Gasteiger partial charge in [0.25, 0.3) is 23.5 Å². The smallest absolute Gasteiger partial charge is 0.756 e. The molecule has 1 aliphatic heterocycles. The number of rotatable bonds is 21. The first-order chi connectivity index (χ1) is 25.3. The number of thioether (sulfide) groups is 1. The number of fused-ring (bicyclic) bond motifs is 1. The summed E-state index contributed by atoms with van der Waals surface area (Å²) in [6.07, 6.45) is -7.59. The van der Waals surface area contributed by atoms with Crippen LogP contribution in [0.15, 0.2) is 12.7 Å². The van der Waals surface area contributed by atoms with Gasteiger partial charge in [0, 0.05) is 30.7 Å². The zero-order chi connectivity index (χ0) is 41.5. The quantitative estimate of drug-likeness (QED) is 0.0265. The molecular weight excluding hydrogens is 850 g/mol. The topological polar surface area (TPSA) is 409 Å². The van der Waals surface area contributed by atoms with Gasteiger partial charge in [-0.3, -0.25) is 37.4 Å². The second-order valence-electron chi connectivity index (χ2n) is 12.2. The molecule has 26 nitrogen and oxygen atoms in total. The van der Waals surface area contributed by atoms with E-state index in [1.807, 2.05) is 0 Å². The van der Waals surface area contributed by atoms with Crippen molar-refractivity contribution in [3.63, 3.8) is 0 Å². The van der Waals surface area contributed by atoms with E-state index in [1.54, 1.807) is 0 Å². The predicted molar refractivity (Wildman–Crippen MR) is 177 cm³/mol. The van der Waals surface area contributed by atoms with Crippen LogP contribution in [0.2, 0.25) is 0 Å². The van der Waals surface area contributed by atoms with E-state index < -0.39 is 102 Å². The number of nitrogens with one attached hydrogen (secondary N) is 2. The summed E-state index contributed by atoms with van der Waals surface area (Å²) in [5.41, 5.74) is 4.04. The number of carbonyl (C=O) groups excluding carboxylic acids is 3. The number of carbonyl (C=O) groups is 4. The number of phosphoric acid groups is 3. The number of aliphatic hydroxyl groups excluding tert-OH is 2. The van der Waals surface area contributed by atoms with E-state index in [2.05, 4.69) is 43.5 Å². The van der Waals surface area contributed by atoms with Crippen LogP contribution in [0.3, 0.4) is 0 Å². The van der Waals surface area contributed by atoms with E-state index in [0.29, 0.717) is 11.8 Å². The van der Waals surface area contributed by atoms with Gasteiger partial charge in [0.2, 0.25) is 16.9 Å². The molecule has 310 valence electrons. The van der Waals surface area contributed by atoms with E-state index >= 15 is 0 Å². The van der Waals surface area contributed by atoms with Gasteiger partial charge in [-0.2, -0.15) is 0 Å². The number of hydrogen-bond acceptors (Lipinski definition) is 22. The number of nitrogens with zero attached hydrogens (tertiary/aromatic N) is 4. The Hall–Kier alpha value is -1.97. The Labute approximate surface area is 343 Å².